The lowest BCUT2D eigenvalue weighted by molar-refractivity contribution is -0.383. The van der Waals surface area contributed by atoms with Crippen molar-refractivity contribution >= 4 is 34.3 Å². The molecule has 2 aromatic heterocycles. The van der Waals surface area contributed by atoms with Crippen LogP contribution in [0.2, 0.25) is 0 Å². The van der Waals surface area contributed by atoms with Crippen molar-refractivity contribution in [3.8, 4) is 5.75 Å². The van der Waals surface area contributed by atoms with Gasteiger partial charge in [-0.05, 0) is 30.0 Å². The molecule has 0 saturated heterocycles. The zero-order valence-corrected chi connectivity index (χ0v) is 14.8. The third kappa shape index (κ3) is 4.06. The Morgan fingerprint density at radius 3 is 2.73 bits per heavy atom. The number of ether oxygens (including phenoxy) is 1. The summed E-state index contributed by atoms with van der Waals surface area (Å²) in [6.45, 7) is 0.534. The lowest BCUT2D eigenvalue weighted by Crippen LogP contribution is -2.10. The van der Waals surface area contributed by atoms with E-state index in [1.54, 1.807) is 29.5 Å². The molecule has 9 heteroatoms. The minimum Gasteiger partial charge on any atom is -0.495 e. The topological polar surface area (TPSA) is 102 Å². The second kappa shape index (κ2) is 8.26. The zero-order valence-electron chi connectivity index (χ0n) is 14.0. The standard InChI is InChI=1S/C17H17N5O3S/c1-25-14-7-3-2-6-13(14)21-17-15(22(23)24)16(19-11-20-17)18-9-8-12-5-4-10-26-12/h2-7,10-11H,8-9H2,1H3,(H2,18,19,20,21). The maximum atomic E-state index is 11.6. The number of methoxy groups -OCH3 is 1. The SMILES string of the molecule is COc1ccccc1Nc1ncnc(NCCc2cccs2)c1[N+](=O)[O-]. The number of nitro groups is 1. The van der Waals surface area contributed by atoms with Gasteiger partial charge in [0.2, 0.25) is 11.6 Å². The van der Waals surface area contributed by atoms with Crippen LogP contribution in [0, 0.1) is 10.1 Å². The molecule has 1 aromatic carbocycles. The second-order valence-corrected chi connectivity index (χ2v) is 6.29. The molecule has 0 unspecified atom stereocenters. The van der Waals surface area contributed by atoms with E-state index in [0.717, 1.165) is 6.42 Å². The molecule has 0 atom stereocenters. The van der Waals surface area contributed by atoms with Gasteiger partial charge in [-0.15, -0.1) is 11.3 Å². The average Bonchev–Trinajstić information content (AvgIpc) is 3.15. The van der Waals surface area contributed by atoms with E-state index in [9.17, 15) is 10.1 Å². The number of anilines is 3. The van der Waals surface area contributed by atoms with Gasteiger partial charge in [-0.25, -0.2) is 9.97 Å². The Labute approximate surface area is 154 Å². The van der Waals surface area contributed by atoms with Crippen LogP contribution in [0.4, 0.5) is 23.0 Å². The van der Waals surface area contributed by atoms with Gasteiger partial charge >= 0.3 is 5.69 Å². The van der Waals surface area contributed by atoms with Crippen LogP contribution in [-0.2, 0) is 6.42 Å². The van der Waals surface area contributed by atoms with Crippen LogP contribution in [0.1, 0.15) is 4.88 Å². The van der Waals surface area contributed by atoms with Crippen LogP contribution in [-0.4, -0.2) is 28.5 Å². The highest BCUT2D eigenvalue weighted by molar-refractivity contribution is 7.09. The number of para-hydroxylation sites is 2. The lowest BCUT2D eigenvalue weighted by atomic mass is 10.3. The molecule has 2 heterocycles. The number of nitrogens with zero attached hydrogens (tertiary/aromatic N) is 3. The van der Waals surface area contributed by atoms with Crippen molar-refractivity contribution in [2.45, 2.75) is 6.42 Å². The Kier molecular flexibility index (Phi) is 5.59. The van der Waals surface area contributed by atoms with Crippen molar-refractivity contribution in [3.63, 3.8) is 0 Å². The van der Waals surface area contributed by atoms with E-state index < -0.39 is 4.92 Å². The minimum atomic E-state index is -0.495. The Morgan fingerprint density at radius 1 is 1.19 bits per heavy atom. The van der Waals surface area contributed by atoms with Crippen LogP contribution < -0.4 is 15.4 Å². The molecule has 3 aromatic rings. The number of thiophene rings is 1. The Morgan fingerprint density at radius 2 is 2.00 bits per heavy atom. The van der Waals surface area contributed by atoms with Crippen molar-refractivity contribution in [2.24, 2.45) is 0 Å². The zero-order chi connectivity index (χ0) is 18.4. The first-order valence-corrected chi connectivity index (χ1v) is 8.72. The summed E-state index contributed by atoms with van der Waals surface area (Å²) < 4.78 is 5.26. The molecule has 0 saturated carbocycles. The molecule has 0 aliphatic heterocycles. The molecule has 26 heavy (non-hydrogen) atoms. The third-order valence-corrected chi connectivity index (χ3v) is 4.55. The molecule has 8 nitrogen and oxygen atoms in total. The molecular formula is C17H17N5O3S. The van der Waals surface area contributed by atoms with Gasteiger partial charge in [0.05, 0.1) is 17.7 Å². The number of nitrogens with one attached hydrogen (secondary N) is 2. The predicted octanol–water partition coefficient (Wildman–Crippen LogP) is 3.85. The largest absolute Gasteiger partial charge is 0.495 e. The van der Waals surface area contributed by atoms with Crippen molar-refractivity contribution in [1.82, 2.24) is 9.97 Å². The fraction of sp³-hybridized carbons (Fsp3) is 0.176. The Balaban J connectivity index is 1.82. The van der Waals surface area contributed by atoms with E-state index in [4.69, 9.17) is 4.74 Å². The highest BCUT2D eigenvalue weighted by Gasteiger charge is 2.23. The molecule has 0 radical (unpaired) electrons. The molecule has 2 N–H and O–H groups in total. The van der Waals surface area contributed by atoms with Gasteiger partial charge in [0.25, 0.3) is 0 Å². The number of aromatic nitrogens is 2. The fourth-order valence-corrected chi connectivity index (χ4v) is 3.12. The second-order valence-electron chi connectivity index (χ2n) is 5.26. The predicted molar refractivity (Wildman–Crippen MR) is 101 cm³/mol. The molecule has 0 amide bonds. The third-order valence-electron chi connectivity index (χ3n) is 3.61. The van der Waals surface area contributed by atoms with Gasteiger partial charge in [0.1, 0.15) is 12.1 Å². The van der Waals surface area contributed by atoms with Crippen LogP contribution in [0.25, 0.3) is 0 Å². The first-order valence-electron chi connectivity index (χ1n) is 7.84. The van der Waals surface area contributed by atoms with Gasteiger partial charge in [-0.2, -0.15) is 0 Å². The molecule has 0 spiro atoms. The Hall–Kier alpha value is -3.20. The fourth-order valence-electron chi connectivity index (χ4n) is 2.41. The smallest absolute Gasteiger partial charge is 0.353 e. The summed E-state index contributed by atoms with van der Waals surface area (Å²) in [7, 11) is 1.53. The molecule has 0 fully saturated rings. The van der Waals surface area contributed by atoms with Gasteiger partial charge < -0.3 is 15.4 Å². The number of hydrogen-bond donors (Lipinski definition) is 2. The normalized spacial score (nSPS) is 10.3. The molecule has 134 valence electrons. The van der Waals surface area contributed by atoms with Crippen LogP contribution in [0.3, 0.4) is 0 Å². The summed E-state index contributed by atoms with van der Waals surface area (Å²) in [6, 6.07) is 11.1. The average molecular weight is 371 g/mol. The van der Waals surface area contributed by atoms with Crippen LogP contribution in [0.5, 0.6) is 5.75 Å². The molecule has 0 aliphatic carbocycles. The van der Waals surface area contributed by atoms with E-state index in [1.165, 1.54) is 18.3 Å². The summed E-state index contributed by atoms with van der Waals surface area (Å²) in [4.78, 5) is 20.4. The van der Waals surface area contributed by atoms with Gasteiger partial charge in [0, 0.05) is 11.4 Å². The quantitative estimate of drug-likeness (QED) is 0.458. The van der Waals surface area contributed by atoms with Crippen molar-refractivity contribution < 1.29 is 9.66 Å². The maximum Gasteiger partial charge on any atom is 0.353 e. The lowest BCUT2D eigenvalue weighted by Gasteiger charge is -2.12. The highest BCUT2D eigenvalue weighted by Crippen LogP contribution is 2.34. The van der Waals surface area contributed by atoms with Gasteiger partial charge in [-0.1, -0.05) is 18.2 Å². The highest BCUT2D eigenvalue weighted by atomic mass is 32.1. The van der Waals surface area contributed by atoms with Crippen LogP contribution >= 0.6 is 11.3 Å². The number of rotatable bonds is 8. The van der Waals surface area contributed by atoms with Gasteiger partial charge in [-0.3, -0.25) is 10.1 Å². The van der Waals surface area contributed by atoms with E-state index in [-0.39, 0.29) is 17.3 Å². The van der Waals surface area contributed by atoms with Crippen molar-refractivity contribution in [2.75, 3.05) is 24.3 Å². The van der Waals surface area contributed by atoms with Crippen LogP contribution in [0.15, 0.2) is 48.1 Å². The summed E-state index contributed by atoms with van der Waals surface area (Å²) in [5.74, 6) is 0.847. The minimum absolute atomic E-state index is 0.105. The first-order chi connectivity index (χ1) is 12.7. The number of hydrogen-bond acceptors (Lipinski definition) is 8. The monoisotopic (exact) mass is 371 g/mol. The summed E-state index contributed by atoms with van der Waals surface area (Å²) in [6.07, 6.45) is 2.05. The van der Waals surface area contributed by atoms with E-state index in [1.807, 2.05) is 23.6 Å². The summed E-state index contributed by atoms with van der Waals surface area (Å²) in [5.41, 5.74) is 0.380. The van der Waals surface area contributed by atoms with Crippen molar-refractivity contribution in [3.05, 3.63) is 63.1 Å². The maximum absolute atomic E-state index is 11.6. The van der Waals surface area contributed by atoms with E-state index >= 15 is 0 Å². The van der Waals surface area contributed by atoms with Gasteiger partial charge in [0.15, 0.2) is 0 Å². The number of benzene rings is 1. The molecular weight excluding hydrogens is 354 g/mol. The molecule has 3 rings (SSSR count). The van der Waals surface area contributed by atoms with Crippen molar-refractivity contribution in [1.29, 1.82) is 0 Å². The molecule has 0 aliphatic rings. The summed E-state index contributed by atoms with van der Waals surface area (Å²) in [5, 5.41) is 19.6. The first kappa shape index (κ1) is 17.6. The van der Waals surface area contributed by atoms with E-state index in [2.05, 4.69) is 20.6 Å². The van der Waals surface area contributed by atoms with E-state index in [0.29, 0.717) is 18.0 Å². The summed E-state index contributed by atoms with van der Waals surface area (Å²) >= 11 is 1.64. The molecule has 0 bridgehead atoms. The Bertz CT molecular complexity index is 886.